The molecule has 0 saturated carbocycles. The van der Waals surface area contributed by atoms with Crippen molar-refractivity contribution in [3.63, 3.8) is 0 Å². The molecule has 0 spiro atoms. The SMILES string of the molecule is CCC(=O)Cl.CCC(=O)SCCOCCO.OCCOCCS. The highest BCUT2D eigenvalue weighted by atomic mass is 35.5. The van der Waals surface area contributed by atoms with E-state index in [4.69, 9.17) is 31.3 Å². The number of carbonyl (C=O) groups excluding carboxylic acids is 2. The highest BCUT2D eigenvalue weighted by Crippen LogP contribution is 2.03. The van der Waals surface area contributed by atoms with Gasteiger partial charge in [-0.15, -0.1) is 0 Å². The third-order valence-corrected chi connectivity index (χ3v) is 3.20. The molecule has 0 aliphatic heterocycles. The van der Waals surface area contributed by atoms with E-state index in [2.05, 4.69) is 12.6 Å². The van der Waals surface area contributed by atoms with E-state index in [1.165, 1.54) is 11.8 Å². The lowest BCUT2D eigenvalue weighted by atomic mass is 10.6. The van der Waals surface area contributed by atoms with Crippen molar-refractivity contribution < 1.29 is 29.3 Å². The van der Waals surface area contributed by atoms with Crippen LogP contribution in [0.1, 0.15) is 26.7 Å². The molecular formula is C14H29ClO6S2. The summed E-state index contributed by atoms with van der Waals surface area (Å²) in [6, 6.07) is 0. The quantitative estimate of drug-likeness (QED) is 0.280. The summed E-state index contributed by atoms with van der Waals surface area (Å²) in [5, 5.41) is 16.4. The van der Waals surface area contributed by atoms with Crippen molar-refractivity contribution in [2.24, 2.45) is 0 Å². The number of carbonyl (C=O) groups is 2. The first-order chi connectivity index (χ1) is 11.0. The largest absolute Gasteiger partial charge is 0.394 e. The first-order valence-corrected chi connectivity index (χ1v) is 9.31. The van der Waals surface area contributed by atoms with E-state index in [-0.39, 0.29) is 23.6 Å². The minimum absolute atomic E-state index is 0.0480. The van der Waals surface area contributed by atoms with Crippen LogP contribution in [0.3, 0.4) is 0 Å². The zero-order valence-corrected chi connectivity index (χ0v) is 16.3. The van der Waals surface area contributed by atoms with E-state index in [1.807, 2.05) is 6.92 Å². The fourth-order valence-electron chi connectivity index (χ4n) is 0.714. The monoisotopic (exact) mass is 392 g/mol. The van der Waals surface area contributed by atoms with Crippen LogP contribution in [0.2, 0.25) is 0 Å². The molecule has 0 heterocycles. The third kappa shape index (κ3) is 39.2. The normalized spacial score (nSPS) is 9.30. The van der Waals surface area contributed by atoms with Crippen molar-refractivity contribution in [2.45, 2.75) is 26.7 Å². The Bertz CT molecular complexity index is 253. The number of rotatable bonds is 11. The minimum Gasteiger partial charge on any atom is -0.394 e. The van der Waals surface area contributed by atoms with Gasteiger partial charge in [0.25, 0.3) is 0 Å². The van der Waals surface area contributed by atoms with E-state index in [1.54, 1.807) is 6.92 Å². The lowest BCUT2D eigenvalue weighted by Gasteiger charge is -1.99. The van der Waals surface area contributed by atoms with E-state index in [9.17, 15) is 9.59 Å². The van der Waals surface area contributed by atoms with Gasteiger partial charge in [0.1, 0.15) is 0 Å². The highest BCUT2D eigenvalue weighted by Gasteiger charge is 1.97. The van der Waals surface area contributed by atoms with Crippen molar-refractivity contribution >= 4 is 46.3 Å². The fraction of sp³-hybridized carbons (Fsp3) is 0.857. The zero-order chi connectivity index (χ0) is 18.3. The van der Waals surface area contributed by atoms with Crippen LogP contribution in [-0.4, -0.2) is 71.7 Å². The predicted octanol–water partition coefficient (Wildman–Crippen LogP) is 1.75. The molecule has 0 amide bonds. The Morgan fingerprint density at radius 1 is 1.00 bits per heavy atom. The summed E-state index contributed by atoms with van der Waals surface area (Å²) in [4.78, 5) is 20.3. The fourth-order valence-corrected chi connectivity index (χ4v) is 1.48. The molecule has 23 heavy (non-hydrogen) atoms. The van der Waals surface area contributed by atoms with Gasteiger partial charge in [-0.05, 0) is 11.6 Å². The molecule has 0 bridgehead atoms. The smallest absolute Gasteiger partial charge is 0.221 e. The Kier molecular flexibility index (Phi) is 32.9. The average Bonchev–Trinajstić information content (AvgIpc) is 2.56. The Balaban J connectivity index is -0.000000286. The van der Waals surface area contributed by atoms with Crippen molar-refractivity contribution in [2.75, 3.05) is 51.1 Å². The summed E-state index contributed by atoms with van der Waals surface area (Å²) in [6.45, 7) is 5.67. The van der Waals surface area contributed by atoms with Crippen molar-refractivity contribution in [1.29, 1.82) is 0 Å². The van der Waals surface area contributed by atoms with Crippen molar-refractivity contribution in [1.82, 2.24) is 0 Å². The number of hydrogen-bond acceptors (Lipinski definition) is 8. The van der Waals surface area contributed by atoms with Gasteiger partial charge in [0.05, 0.1) is 39.6 Å². The van der Waals surface area contributed by atoms with E-state index in [0.717, 1.165) is 5.75 Å². The van der Waals surface area contributed by atoms with E-state index >= 15 is 0 Å². The minimum atomic E-state index is -0.273. The molecule has 0 aromatic rings. The summed E-state index contributed by atoms with van der Waals surface area (Å²) < 4.78 is 9.76. The Labute approximate surface area is 153 Å². The van der Waals surface area contributed by atoms with Gasteiger partial charge in [-0.25, -0.2) is 0 Å². The van der Waals surface area contributed by atoms with Crippen LogP contribution < -0.4 is 0 Å². The number of thiol groups is 1. The van der Waals surface area contributed by atoms with Gasteiger partial charge in [-0.3, -0.25) is 9.59 Å². The van der Waals surface area contributed by atoms with Crippen LogP contribution in [0.15, 0.2) is 0 Å². The maximum absolute atomic E-state index is 10.7. The van der Waals surface area contributed by atoms with Crippen LogP contribution in [0.4, 0.5) is 0 Å². The molecule has 0 unspecified atom stereocenters. The highest BCUT2D eigenvalue weighted by molar-refractivity contribution is 8.13. The second kappa shape index (κ2) is 27.0. The molecular weight excluding hydrogens is 364 g/mol. The van der Waals surface area contributed by atoms with Gasteiger partial charge >= 0.3 is 0 Å². The summed E-state index contributed by atoms with van der Waals surface area (Å²) in [7, 11) is 0. The molecule has 0 aliphatic carbocycles. The van der Waals surface area contributed by atoms with Crippen LogP contribution in [0.25, 0.3) is 0 Å². The molecule has 0 aliphatic rings. The van der Waals surface area contributed by atoms with Crippen LogP contribution in [-0.2, 0) is 19.1 Å². The number of hydrogen-bond donors (Lipinski definition) is 3. The lowest BCUT2D eigenvalue weighted by Crippen LogP contribution is -2.03. The van der Waals surface area contributed by atoms with Gasteiger partial charge in [0, 0.05) is 24.3 Å². The summed E-state index contributed by atoms with van der Waals surface area (Å²) in [5.41, 5.74) is 0. The molecule has 0 fully saturated rings. The maximum Gasteiger partial charge on any atom is 0.221 e. The second-order valence-electron chi connectivity index (χ2n) is 3.68. The molecule has 0 radical (unpaired) electrons. The van der Waals surface area contributed by atoms with Crippen LogP contribution in [0, 0.1) is 0 Å². The first-order valence-electron chi connectivity index (χ1n) is 7.31. The lowest BCUT2D eigenvalue weighted by molar-refractivity contribution is -0.111. The number of aliphatic hydroxyl groups excluding tert-OH is 2. The summed E-state index contributed by atoms with van der Waals surface area (Å²) >= 11 is 9.99. The van der Waals surface area contributed by atoms with Gasteiger partial charge in [-0.2, -0.15) is 12.6 Å². The van der Waals surface area contributed by atoms with Crippen LogP contribution in [0.5, 0.6) is 0 Å². The standard InChI is InChI=1S/C7H14O3S.C4H10O2S.C3H5ClO/c1-2-7(9)11-6-5-10-4-3-8;5-1-2-6-3-4-7;1-2-3(4)5/h8H,2-6H2,1H3;5,7H,1-4H2;2H2,1H3. The molecule has 0 aromatic heterocycles. The molecule has 0 saturated heterocycles. The number of halogens is 1. The summed E-state index contributed by atoms with van der Waals surface area (Å²) in [6.07, 6.45) is 1.01. The van der Waals surface area contributed by atoms with E-state index in [0.29, 0.717) is 45.0 Å². The Morgan fingerprint density at radius 3 is 1.83 bits per heavy atom. The van der Waals surface area contributed by atoms with Gasteiger partial charge in [-0.1, -0.05) is 25.6 Å². The Morgan fingerprint density at radius 2 is 1.48 bits per heavy atom. The van der Waals surface area contributed by atoms with Crippen molar-refractivity contribution in [3.8, 4) is 0 Å². The molecule has 0 atom stereocenters. The predicted molar refractivity (Wildman–Crippen MR) is 98.6 cm³/mol. The molecule has 0 rings (SSSR count). The summed E-state index contributed by atoms with van der Waals surface area (Å²) in [5.74, 6) is 1.41. The molecule has 2 N–H and O–H groups in total. The zero-order valence-electron chi connectivity index (χ0n) is 13.8. The molecule has 140 valence electrons. The Hall–Kier alpha value is 0.170. The maximum atomic E-state index is 10.7. The van der Waals surface area contributed by atoms with Crippen molar-refractivity contribution in [3.05, 3.63) is 0 Å². The van der Waals surface area contributed by atoms with Gasteiger partial charge in [0.15, 0.2) is 5.12 Å². The average molecular weight is 393 g/mol. The second-order valence-corrected chi connectivity index (χ2v) is 5.70. The van der Waals surface area contributed by atoms with E-state index < -0.39 is 0 Å². The van der Waals surface area contributed by atoms with Crippen LogP contribution >= 0.6 is 36.0 Å². The number of ether oxygens (including phenoxy) is 2. The first kappa shape index (κ1) is 28.0. The topological polar surface area (TPSA) is 93.1 Å². The van der Waals surface area contributed by atoms with Gasteiger partial charge in [0.2, 0.25) is 5.24 Å². The molecule has 6 nitrogen and oxygen atoms in total. The molecule has 0 aromatic carbocycles. The third-order valence-electron chi connectivity index (χ3n) is 1.76. The van der Waals surface area contributed by atoms with Gasteiger partial charge < -0.3 is 19.7 Å². The molecule has 9 heteroatoms. The number of aliphatic hydroxyl groups is 2. The number of thioether (sulfide) groups is 1.